The van der Waals surface area contributed by atoms with Gasteiger partial charge in [0.2, 0.25) is 0 Å². The lowest BCUT2D eigenvalue weighted by molar-refractivity contribution is 0.211. The van der Waals surface area contributed by atoms with Crippen LogP contribution in [0.5, 0.6) is 5.75 Å². The molecule has 0 aliphatic carbocycles. The van der Waals surface area contributed by atoms with Crippen LogP contribution < -0.4 is 16.2 Å². The minimum atomic E-state index is -0.942. The van der Waals surface area contributed by atoms with Crippen molar-refractivity contribution in [3.05, 3.63) is 28.8 Å². The topological polar surface area (TPSA) is 111 Å². The number of benzene rings is 1. The van der Waals surface area contributed by atoms with Crippen molar-refractivity contribution in [2.75, 3.05) is 0 Å². The SMILES string of the molecule is NC(=O)Oc1ccc(C(N)=NO)c(Cl)c1. The Morgan fingerprint density at radius 3 is 2.60 bits per heavy atom. The van der Waals surface area contributed by atoms with E-state index in [1.165, 1.54) is 18.2 Å². The largest absolute Gasteiger partial charge is 0.410 e. The molecule has 6 nitrogen and oxygen atoms in total. The number of oxime groups is 1. The van der Waals surface area contributed by atoms with Gasteiger partial charge >= 0.3 is 6.09 Å². The number of ether oxygens (including phenoxy) is 1. The number of rotatable bonds is 2. The van der Waals surface area contributed by atoms with E-state index in [0.29, 0.717) is 5.56 Å². The Morgan fingerprint density at radius 1 is 1.47 bits per heavy atom. The van der Waals surface area contributed by atoms with Crippen molar-refractivity contribution in [3.8, 4) is 5.75 Å². The van der Waals surface area contributed by atoms with Crippen LogP contribution in [0.2, 0.25) is 5.02 Å². The fourth-order valence-electron chi connectivity index (χ4n) is 0.937. The summed E-state index contributed by atoms with van der Waals surface area (Å²) in [5.41, 5.74) is 10.5. The number of primary amides is 1. The van der Waals surface area contributed by atoms with Crippen LogP contribution in [-0.2, 0) is 0 Å². The van der Waals surface area contributed by atoms with Crippen LogP contribution in [0.15, 0.2) is 23.4 Å². The van der Waals surface area contributed by atoms with Crippen molar-refractivity contribution in [3.63, 3.8) is 0 Å². The first-order valence-corrected chi connectivity index (χ1v) is 4.17. The van der Waals surface area contributed by atoms with Crippen molar-refractivity contribution in [2.45, 2.75) is 0 Å². The number of nitrogens with two attached hydrogens (primary N) is 2. The van der Waals surface area contributed by atoms with Crippen molar-refractivity contribution in [1.82, 2.24) is 0 Å². The van der Waals surface area contributed by atoms with Gasteiger partial charge in [0.25, 0.3) is 0 Å². The lowest BCUT2D eigenvalue weighted by Crippen LogP contribution is -2.17. The molecular weight excluding hydrogens is 222 g/mol. The minimum absolute atomic E-state index is 0.134. The normalized spacial score (nSPS) is 11.1. The first kappa shape index (κ1) is 11.1. The fraction of sp³-hybridized carbons (Fsp3) is 0. The number of carbonyl (C=O) groups is 1. The van der Waals surface area contributed by atoms with E-state index < -0.39 is 6.09 Å². The Morgan fingerprint density at radius 2 is 2.13 bits per heavy atom. The average molecular weight is 230 g/mol. The fourth-order valence-corrected chi connectivity index (χ4v) is 1.20. The van der Waals surface area contributed by atoms with E-state index in [9.17, 15) is 4.79 Å². The highest BCUT2D eigenvalue weighted by Gasteiger charge is 2.07. The van der Waals surface area contributed by atoms with Crippen LogP contribution in [-0.4, -0.2) is 17.1 Å². The van der Waals surface area contributed by atoms with Gasteiger partial charge in [-0.05, 0) is 12.1 Å². The second kappa shape index (κ2) is 4.52. The molecule has 0 aromatic heterocycles. The van der Waals surface area contributed by atoms with Crippen LogP contribution in [0.25, 0.3) is 0 Å². The van der Waals surface area contributed by atoms with E-state index >= 15 is 0 Å². The molecule has 0 bridgehead atoms. The average Bonchev–Trinajstić information content (AvgIpc) is 2.16. The van der Waals surface area contributed by atoms with Gasteiger partial charge in [0.05, 0.1) is 5.02 Å². The molecule has 0 aliphatic heterocycles. The van der Waals surface area contributed by atoms with E-state index in [-0.39, 0.29) is 16.6 Å². The summed E-state index contributed by atoms with van der Waals surface area (Å²) in [6.07, 6.45) is -0.942. The Balaban J connectivity index is 3.03. The monoisotopic (exact) mass is 229 g/mol. The standard InChI is InChI=1S/C8H8ClN3O3/c9-6-3-4(15-8(11)13)1-2-5(6)7(10)12-14/h1-3,14H,(H2,10,12)(H2,11,13). The molecule has 7 heteroatoms. The summed E-state index contributed by atoms with van der Waals surface area (Å²) in [5.74, 6) is 0.0487. The second-order valence-corrected chi connectivity index (χ2v) is 2.96. The van der Waals surface area contributed by atoms with Crippen molar-refractivity contribution >= 4 is 23.5 Å². The van der Waals surface area contributed by atoms with E-state index in [2.05, 4.69) is 9.89 Å². The molecule has 0 saturated carbocycles. The minimum Gasteiger partial charge on any atom is -0.410 e. The molecule has 0 aliphatic rings. The van der Waals surface area contributed by atoms with Crippen molar-refractivity contribution in [1.29, 1.82) is 0 Å². The molecule has 0 radical (unpaired) electrons. The van der Waals surface area contributed by atoms with Gasteiger partial charge in [0.1, 0.15) is 5.75 Å². The third-order valence-corrected chi connectivity index (χ3v) is 1.86. The smallest absolute Gasteiger partial charge is 0.409 e. The summed E-state index contributed by atoms with van der Waals surface area (Å²) in [5, 5.41) is 11.4. The van der Waals surface area contributed by atoms with Crippen LogP contribution in [0, 0.1) is 0 Å². The summed E-state index contributed by atoms with van der Waals surface area (Å²) in [7, 11) is 0. The van der Waals surface area contributed by atoms with Crippen LogP contribution >= 0.6 is 11.6 Å². The lowest BCUT2D eigenvalue weighted by Gasteiger charge is -2.04. The highest BCUT2D eigenvalue weighted by Crippen LogP contribution is 2.22. The molecule has 0 unspecified atom stereocenters. The van der Waals surface area contributed by atoms with Gasteiger partial charge in [-0.25, -0.2) is 4.79 Å². The van der Waals surface area contributed by atoms with E-state index in [1.54, 1.807) is 0 Å². The zero-order valence-corrected chi connectivity index (χ0v) is 8.23. The molecule has 15 heavy (non-hydrogen) atoms. The Bertz CT molecular complexity index is 420. The molecule has 1 amide bonds. The summed E-state index contributed by atoms with van der Waals surface area (Å²) in [6.45, 7) is 0. The maximum Gasteiger partial charge on any atom is 0.409 e. The van der Waals surface area contributed by atoms with Gasteiger partial charge in [-0.15, -0.1) is 0 Å². The predicted octanol–water partition coefficient (Wildman–Crippen LogP) is 0.892. The molecule has 0 saturated heterocycles. The Labute approximate surface area is 90.1 Å². The number of carbonyl (C=O) groups excluding carboxylic acids is 1. The third-order valence-electron chi connectivity index (χ3n) is 1.54. The summed E-state index contributed by atoms with van der Waals surface area (Å²) in [6, 6.07) is 4.19. The molecule has 0 atom stereocenters. The molecule has 1 aromatic rings. The predicted molar refractivity (Wildman–Crippen MR) is 54.2 cm³/mol. The molecule has 80 valence electrons. The molecule has 1 rings (SSSR count). The highest BCUT2D eigenvalue weighted by atomic mass is 35.5. The van der Waals surface area contributed by atoms with Gasteiger partial charge < -0.3 is 21.4 Å². The van der Waals surface area contributed by atoms with E-state index in [4.69, 9.17) is 28.3 Å². The Hall–Kier alpha value is -1.95. The molecular formula is C8H8ClN3O3. The number of amides is 1. The zero-order valence-electron chi connectivity index (χ0n) is 7.48. The number of hydrogen-bond donors (Lipinski definition) is 3. The van der Waals surface area contributed by atoms with Gasteiger partial charge in [-0.3, -0.25) is 0 Å². The van der Waals surface area contributed by atoms with Crippen LogP contribution in [0.3, 0.4) is 0 Å². The second-order valence-electron chi connectivity index (χ2n) is 2.55. The maximum atomic E-state index is 10.4. The summed E-state index contributed by atoms with van der Waals surface area (Å²) < 4.78 is 4.57. The van der Waals surface area contributed by atoms with Gasteiger partial charge in [-0.1, -0.05) is 16.8 Å². The van der Waals surface area contributed by atoms with Gasteiger partial charge in [-0.2, -0.15) is 0 Å². The molecule has 0 fully saturated rings. The zero-order chi connectivity index (χ0) is 11.4. The molecule has 0 heterocycles. The quantitative estimate of drug-likeness (QED) is 0.303. The van der Waals surface area contributed by atoms with Gasteiger partial charge in [0, 0.05) is 11.6 Å². The number of hydrogen-bond acceptors (Lipinski definition) is 4. The lowest BCUT2D eigenvalue weighted by atomic mass is 10.2. The third kappa shape index (κ3) is 2.75. The van der Waals surface area contributed by atoms with Crippen LogP contribution in [0.1, 0.15) is 5.56 Å². The number of nitrogens with zero attached hydrogens (tertiary/aromatic N) is 1. The number of amidine groups is 1. The molecule has 1 aromatic carbocycles. The van der Waals surface area contributed by atoms with Crippen molar-refractivity contribution in [2.24, 2.45) is 16.6 Å². The number of halogens is 1. The maximum absolute atomic E-state index is 10.4. The van der Waals surface area contributed by atoms with Gasteiger partial charge in [0.15, 0.2) is 5.84 Å². The molecule has 5 N–H and O–H groups in total. The summed E-state index contributed by atoms with van der Waals surface area (Å²) in [4.78, 5) is 10.4. The van der Waals surface area contributed by atoms with E-state index in [0.717, 1.165) is 0 Å². The summed E-state index contributed by atoms with van der Waals surface area (Å²) >= 11 is 5.78. The Kier molecular flexibility index (Phi) is 3.35. The molecule has 0 spiro atoms. The van der Waals surface area contributed by atoms with Crippen LogP contribution in [0.4, 0.5) is 4.79 Å². The first-order chi connectivity index (χ1) is 7.04. The first-order valence-electron chi connectivity index (χ1n) is 3.79. The van der Waals surface area contributed by atoms with Crippen molar-refractivity contribution < 1.29 is 14.7 Å². The van der Waals surface area contributed by atoms with E-state index in [1.807, 2.05) is 0 Å². The highest BCUT2D eigenvalue weighted by molar-refractivity contribution is 6.34.